The van der Waals surface area contributed by atoms with Crippen LogP contribution >= 0.6 is 11.8 Å². The van der Waals surface area contributed by atoms with Crippen LogP contribution in [0.3, 0.4) is 0 Å². The number of esters is 1. The Hall–Kier alpha value is -3.00. The highest BCUT2D eigenvalue weighted by molar-refractivity contribution is 7.98. The van der Waals surface area contributed by atoms with Gasteiger partial charge in [0.05, 0.1) is 29.6 Å². The Labute approximate surface area is 171 Å². The second kappa shape index (κ2) is 9.47. The predicted molar refractivity (Wildman–Crippen MR) is 111 cm³/mol. The Bertz CT molecular complexity index is 1030. The summed E-state index contributed by atoms with van der Waals surface area (Å²) in [4.78, 5) is 33.8. The third-order valence-electron chi connectivity index (χ3n) is 4.35. The zero-order valence-corrected chi connectivity index (χ0v) is 16.8. The lowest BCUT2D eigenvalue weighted by Crippen LogP contribution is -2.42. The van der Waals surface area contributed by atoms with E-state index in [9.17, 15) is 14.0 Å². The lowest BCUT2D eigenvalue weighted by atomic mass is 10.0. The number of pyridine rings is 2. The first-order valence-corrected chi connectivity index (χ1v) is 10.3. The molecule has 0 radical (unpaired) electrons. The summed E-state index contributed by atoms with van der Waals surface area (Å²) >= 11 is 1.57. The molecule has 6 nitrogen and oxygen atoms in total. The van der Waals surface area contributed by atoms with E-state index in [2.05, 4.69) is 15.3 Å². The van der Waals surface area contributed by atoms with Gasteiger partial charge >= 0.3 is 5.97 Å². The number of fused-ring (bicyclic) bond motifs is 1. The molecule has 2 aromatic heterocycles. The van der Waals surface area contributed by atoms with Crippen LogP contribution in [0.1, 0.15) is 16.8 Å². The van der Waals surface area contributed by atoms with Crippen molar-refractivity contribution in [3.63, 3.8) is 0 Å². The average molecular weight is 413 g/mol. The molecule has 0 unspecified atom stereocenters. The standard InChI is InChI=1S/C21H20FN3O3S/c1-28-21(27)17(8-10-29-2)25-20(26)15-12-19(16-5-3-4-9-23-16)24-18-11-13(22)6-7-14(15)18/h3-7,9,11-12,17H,8,10H2,1-2H3,(H,25,26)/t17-/m0/s1. The van der Waals surface area contributed by atoms with Gasteiger partial charge in [0.25, 0.3) is 5.91 Å². The second-order valence-corrected chi connectivity index (χ2v) is 7.25. The number of benzene rings is 1. The van der Waals surface area contributed by atoms with E-state index in [0.29, 0.717) is 34.5 Å². The number of hydrogen-bond donors (Lipinski definition) is 1. The monoisotopic (exact) mass is 413 g/mol. The van der Waals surface area contributed by atoms with Crippen molar-refractivity contribution in [1.29, 1.82) is 0 Å². The van der Waals surface area contributed by atoms with Crippen molar-refractivity contribution in [3.05, 3.63) is 60.0 Å². The van der Waals surface area contributed by atoms with Crippen LogP contribution in [0.5, 0.6) is 0 Å². The molecule has 3 aromatic rings. The average Bonchev–Trinajstić information content (AvgIpc) is 2.75. The molecular formula is C21H20FN3O3S. The molecule has 0 fully saturated rings. The lowest BCUT2D eigenvalue weighted by Gasteiger charge is -2.17. The molecule has 0 aliphatic carbocycles. The largest absolute Gasteiger partial charge is 0.467 e. The molecule has 2 heterocycles. The zero-order chi connectivity index (χ0) is 20.8. The van der Waals surface area contributed by atoms with Crippen molar-refractivity contribution >= 4 is 34.5 Å². The van der Waals surface area contributed by atoms with Crippen LogP contribution in [0.4, 0.5) is 4.39 Å². The van der Waals surface area contributed by atoms with Gasteiger partial charge in [0.15, 0.2) is 0 Å². The van der Waals surface area contributed by atoms with Crippen LogP contribution in [0.25, 0.3) is 22.3 Å². The molecule has 1 atom stereocenters. The summed E-state index contributed by atoms with van der Waals surface area (Å²) in [7, 11) is 1.28. The molecule has 8 heteroatoms. The van der Waals surface area contributed by atoms with Crippen molar-refractivity contribution < 1.29 is 18.7 Å². The van der Waals surface area contributed by atoms with Crippen LogP contribution in [-0.4, -0.2) is 47.0 Å². The maximum absolute atomic E-state index is 13.8. The maximum Gasteiger partial charge on any atom is 0.328 e. The van der Waals surface area contributed by atoms with Crippen molar-refractivity contribution in [2.75, 3.05) is 19.1 Å². The van der Waals surface area contributed by atoms with Crippen molar-refractivity contribution in [2.45, 2.75) is 12.5 Å². The highest BCUT2D eigenvalue weighted by Crippen LogP contribution is 2.24. The number of nitrogens with zero attached hydrogens (tertiary/aromatic N) is 2. The van der Waals surface area contributed by atoms with Gasteiger partial charge in [-0.25, -0.2) is 14.2 Å². The van der Waals surface area contributed by atoms with Crippen LogP contribution in [0.15, 0.2) is 48.7 Å². The van der Waals surface area contributed by atoms with Crippen molar-refractivity contribution in [2.24, 2.45) is 0 Å². The van der Waals surface area contributed by atoms with Gasteiger partial charge in [-0.1, -0.05) is 6.07 Å². The molecule has 150 valence electrons. The fourth-order valence-electron chi connectivity index (χ4n) is 2.90. The molecule has 1 N–H and O–H groups in total. The van der Waals surface area contributed by atoms with Gasteiger partial charge in [0, 0.05) is 17.6 Å². The lowest BCUT2D eigenvalue weighted by molar-refractivity contribution is -0.142. The molecule has 1 amide bonds. The summed E-state index contributed by atoms with van der Waals surface area (Å²) in [6, 6.07) is 10.2. The van der Waals surface area contributed by atoms with Crippen molar-refractivity contribution in [3.8, 4) is 11.4 Å². The number of aromatic nitrogens is 2. The molecule has 3 rings (SSSR count). The van der Waals surface area contributed by atoms with Gasteiger partial charge in [-0.3, -0.25) is 9.78 Å². The highest BCUT2D eigenvalue weighted by Gasteiger charge is 2.23. The van der Waals surface area contributed by atoms with Crippen LogP contribution < -0.4 is 5.32 Å². The molecule has 0 aliphatic rings. The normalized spacial score (nSPS) is 11.8. The van der Waals surface area contributed by atoms with E-state index in [4.69, 9.17) is 4.74 Å². The number of nitrogens with one attached hydrogen (secondary N) is 1. The summed E-state index contributed by atoms with van der Waals surface area (Å²) < 4.78 is 18.6. The Morgan fingerprint density at radius 1 is 1.21 bits per heavy atom. The Balaban J connectivity index is 2.04. The van der Waals surface area contributed by atoms with Gasteiger partial charge in [-0.15, -0.1) is 0 Å². The third kappa shape index (κ3) is 4.89. The van der Waals surface area contributed by atoms with Gasteiger partial charge in [0.1, 0.15) is 11.9 Å². The van der Waals surface area contributed by atoms with E-state index in [1.165, 1.54) is 25.3 Å². The topological polar surface area (TPSA) is 81.2 Å². The Morgan fingerprint density at radius 2 is 2.03 bits per heavy atom. The number of methoxy groups -OCH3 is 1. The number of rotatable bonds is 7. The Kier molecular flexibility index (Phi) is 6.77. The van der Waals surface area contributed by atoms with Crippen LogP contribution in [0.2, 0.25) is 0 Å². The first-order chi connectivity index (χ1) is 14.0. The molecule has 0 spiro atoms. The molecule has 0 saturated heterocycles. The van der Waals surface area contributed by atoms with Gasteiger partial charge in [-0.2, -0.15) is 11.8 Å². The van der Waals surface area contributed by atoms with Gasteiger partial charge in [0.2, 0.25) is 0 Å². The van der Waals surface area contributed by atoms with Gasteiger partial charge in [-0.05, 0) is 48.8 Å². The number of hydrogen-bond acceptors (Lipinski definition) is 6. The molecule has 1 aromatic carbocycles. The minimum Gasteiger partial charge on any atom is -0.467 e. The van der Waals surface area contributed by atoms with E-state index in [0.717, 1.165) is 0 Å². The predicted octanol–water partition coefficient (Wildman–Crippen LogP) is 3.46. The number of halogens is 1. The summed E-state index contributed by atoms with van der Waals surface area (Å²) in [5.74, 6) is -0.747. The fraction of sp³-hybridized carbons (Fsp3) is 0.238. The van der Waals surface area contributed by atoms with E-state index in [1.54, 1.807) is 42.2 Å². The SMILES string of the molecule is COC(=O)[C@H](CCSC)NC(=O)c1cc(-c2ccccn2)nc2cc(F)ccc12. The van der Waals surface area contributed by atoms with E-state index >= 15 is 0 Å². The molecule has 0 bridgehead atoms. The van der Waals surface area contributed by atoms with Crippen LogP contribution in [0, 0.1) is 5.82 Å². The summed E-state index contributed by atoms with van der Waals surface area (Å²) in [5.41, 5.74) is 1.61. The summed E-state index contributed by atoms with van der Waals surface area (Å²) in [5, 5.41) is 3.22. The second-order valence-electron chi connectivity index (χ2n) is 6.26. The number of carbonyl (C=O) groups is 2. The number of carbonyl (C=O) groups excluding carboxylic acids is 2. The first kappa shape index (κ1) is 20.7. The zero-order valence-electron chi connectivity index (χ0n) is 16.0. The molecule has 0 saturated carbocycles. The minimum atomic E-state index is -0.776. The first-order valence-electron chi connectivity index (χ1n) is 8.93. The number of ether oxygens (including phenoxy) is 1. The van der Waals surface area contributed by atoms with Crippen LogP contribution in [-0.2, 0) is 9.53 Å². The van der Waals surface area contributed by atoms with E-state index in [-0.39, 0.29) is 5.56 Å². The third-order valence-corrected chi connectivity index (χ3v) is 4.99. The number of thioether (sulfide) groups is 1. The molecule has 29 heavy (non-hydrogen) atoms. The maximum atomic E-state index is 13.8. The van der Waals surface area contributed by atoms with E-state index in [1.807, 2.05) is 6.26 Å². The van der Waals surface area contributed by atoms with E-state index < -0.39 is 23.7 Å². The van der Waals surface area contributed by atoms with Gasteiger partial charge < -0.3 is 10.1 Å². The molecular weight excluding hydrogens is 393 g/mol. The summed E-state index contributed by atoms with van der Waals surface area (Å²) in [6.07, 6.45) is 3.97. The minimum absolute atomic E-state index is 0.286. The Morgan fingerprint density at radius 3 is 2.72 bits per heavy atom. The molecule has 0 aliphatic heterocycles. The quantitative estimate of drug-likeness (QED) is 0.598. The van der Waals surface area contributed by atoms with Crippen molar-refractivity contribution in [1.82, 2.24) is 15.3 Å². The summed E-state index contributed by atoms with van der Waals surface area (Å²) in [6.45, 7) is 0. The highest BCUT2D eigenvalue weighted by atomic mass is 32.2. The number of amides is 1. The fourth-order valence-corrected chi connectivity index (χ4v) is 3.37. The smallest absolute Gasteiger partial charge is 0.328 e.